The number of urea groups is 1. The second kappa shape index (κ2) is 10.5. The molecule has 1 atom stereocenters. The zero-order valence-corrected chi connectivity index (χ0v) is 18.2. The highest BCUT2D eigenvalue weighted by atomic mass is 19.4. The number of carbonyl (C=O) groups excluding carboxylic acids is 1. The summed E-state index contributed by atoms with van der Waals surface area (Å²) in [7, 11) is 1.37. The van der Waals surface area contributed by atoms with Gasteiger partial charge >= 0.3 is 12.2 Å². The predicted molar refractivity (Wildman–Crippen MR) is 119 cm³/mol. The van der Waals surface area contributed by atoms with Gasteiger partial charge in [-0.2, -0.15) is 13.2 Å². The maximum atomic E-state index is 13.6. The second-order valence-electron chi connectivity index (χ2n) is 7.82. The van der Waals surface area contributed by atoms with Gasteiger partial charge in [-0.25, -0.2) is 9.78 Å². The molecule has 0 spiro atoms. The maximum Gasteiger partial charge on any atom is 0.424 e. The average molecular weight is 461 g/mol. The van der Waals surface area contributed by atoms with Crippen molar-refractivity contribution in [2.75, 3.05) is 13.1 Å². The van der Waals surface area contributed by atoms with Gasteiger partial charge in [0.15, 0.2) is 0 Å². The lowest BCUT2D eigenvalue weighted by Gasteiger charge is -2.30. The minimum Gasteiger partial charge on any atom is -0.374 e. The molecule has 1 heterocycles. The zero-order chi connectivity index (χ0) is 23.9. The van der Waals surface area contributed by atoms with E-state index in [4.69, 9.17) is 0 Å². The van der Waals surface area contributed by atoms with Crippen molar-refractivity contribution in [2.45, 2.75) is 30.5 Å². The maximum absolute atomic E-state index is 13.6. The van der Waals surface area contributed by atoms with Gasteiger partial charge in [0.05, 0.1) is 0 Å². The van der Waals surface area contributed by atoms with E-state index in [1.54, 1.807) is 0 Å². The van der Waals surface area contributed by atoms with Gasteiger partial charge in [-0.15, -0.1) is 0 Å². The largest absolute Gasteiger partial charge is 0.424 e. The molecule has 6 nitrogen and oxygen atoms in total. The van der Waals surface area contributed by atoms with Crippen LogP contribution < -0.4 is 10.6 Å². The molecule has 0 saturated carbocycles. The number of aromatic nitrogens is 2. The molecule has 1 aromatic heterocycles. The Morgan fingerprint density at radius 2 is 1.55 bits per heavy atom. The van der Waals surface area contributed by atoms with Crippen molar-refractivity contribution in [3.05, 3.63) is 90.0 Å². The molecular weight excluding hydrogens is 433 g/mol. The van der Waals surface area contributed by atoms with E-state index in [0.29, 0.717) is 13.0 Å². The number of amides is 2. The lowest BCUT2D eigenvalue weighted by molar-refractivity contribution is -0.272. The Bertz CT molecular complexity index is 985. The summed E-state index contributed by atoms with van der Waals surface area (Å²) >= 11 is 0. The van der Waals surface area contributed by atoms with Gasteiger partial charge < -0.3 is 20.3 Å². The minimum absolute atomic E-state index is 0.0615. The Hall–Kier alpha value is -3.33. The second-order valence-corrected chi connectivity index (χ2v) is 7.82. The first-order valence-corrected chi connectivity index (χ1v) is 10.6. The van der Waals surface area contributed by atoms with Crippen LogP contribution in [0.4, 0.5) is 18.0 Å². The molecule has 0 fully saturated rings. The Kier molecular flexibility index (Phi) is 7.75. The van der Waals surface area contributed by atoms with Crippen molar-refractivity contribution >= 4 is 6.03 Å². The smallest absolute Gasteiger partial charge is 0.374 e. The number of aliphatic hydroxyl groups is 1. The normalized spacial score (nSPS) is 13.5. The van der Waals surface area contributed by atoms with Crippen LogP contribution in [0.5, 0.6) is 0 Å². The number of benzene rings is 2. The summed E-state index contributed by atoms with van der Waals surface area (Å²) in [5.74, 6) is -0.461. The van der Waals surface area contributed by atoms with Crippen molar-refractivity contribution in [1.82, 2.24) is 20.2 Å². The van der Waals surface area contributed by atoms with E-state index in [-0.39, 0.29) is 12.5 Å². The molecule has 1 unspecified atom stereocenters. The first kappa shape index (κ1) is 24.3. The molecule has 0 bridgehead atoms. The third kappa shape index (κ3) is 5.92. The van der Waals surface area contributed by atoms with Crippen LogP contribution in [-0.4, -0.2) is 40.0 Å². The first-order valence-electron chi connectivity index (χ1n) is 10.6. The van der Waals surface area contributed by atoms with Crippen LogP contribution in [-0.2, 0) is 12.6 Å². The molecule has 3 rings (SSSR count). The fourth-order valence-corrected chi connectivity index (χ4v) is 3.79. The summed E-state index contributed by atoms with van der Waals surface area (Å²) in [5.41, 5.74) is -0.947. The van der Waals surface area contributed by atoms with Gasteiger partial charge in [0.25, 0.3) is 0 Å². The van der Waals surface area contributed by atoms with E-state index in [9.17, 15) is 23.1 Å². The number of rotatable bonds is 9. The van der Waals surface area contributed by atoms with E-state index in [0.717, 1.165) is 15.7 Å². The summed E-state index contributed by atoms with van der Waals surface area (Å²) in [6.07, 6.45) is -2.58. The standard InChI is InChI=1S/C24H27F3N4O2/c1-31-17-16-28-21(31)23(33,24(25,26)27)13-15-30-22(32)29-14-12-20(18-8-4-2-5-9-18)19-10-6-3-7-11-19/h2-11,16-17,20,33H,12-15H2,1H3,(H2,29,30,32). The minimum atomic E-state index is -4.94. The van der Waals surface area contributed by atoms with Crippen molar-refractivity contribution in [1.29, 1.82) is 0 Å². The zero-order valence-electron chi connectivity index (χ0n) is 18.2. The highest BCUT2D eigenvalue weighted by Gasteiger charge is 2.57. The van der Waals surface area contributed by atoms with Crippen LogP contribution in [0.1, 0.15) is 35.7 Å². The predicted octanol–water partition coefficient (Wildman–Crippen LogP) is 4.08. The molecule has 33 heavy (non-hydrogen) atoms. The van der Waals surface area contributed by atoms with Crippen LogP contribution in [0.3, 0.4) is 0 Å². The number of nitrogens with one attached hydrogen (secondary N) is 2. The molecule has 2 aromatic carbocycles. The summed E-state index contributed by atoms with van der Waals surface area (Å²) < 4.78 is 41.8. The van der Waals surface area contributed by atoms with E-state index in [1.165, 1.54) is 19.4 Å². The van der Waals surface area contributed by atoms with Gasteiger partial charge in [-0.3, -0.25) is 0 Å². The van der Waals surface area contributed by atoms with Gasteiger partial charge in [0.2, 0.25) is 5.60 Å². The van der Waals surface area contributed by atoms with E-state index >= 15 is 0 Å². The number of carbonyl (C=O) groups is 1. The number of imidazole rings is 1. The van der Waals surface area contributed by atoms with Gasteiger partial charge in [-0.05, 0) is 17.5 Å². The molecule has 0 aliphatic rings. The highest BCUT2D eigenvalue weighted by Crippen LogP contribution is 2.40. The topological polar surface area (TPSA) is 79.2 Å². The van der Waals surface area contributed by atoms with Crippen LogP contribution >= 0.6 is 0 Å². The number of halogens is 3. The summed E-state index contributed by atoms with van der Waals surface area (Å²) in [6.45, 7) is -0.0568. The number of aryl methyl sites for hydroxylation is 1. The van der Waals surface area contributed by atoms with Crippen molar-refractivity contribution in [3.8, 4) is 0 Å². The lowest BCUT2D eigenvalue weighted by Crippen LogP contribution is -2.47. The van der Waals surface area contributed by atoms with E-state index < -0.39 is 30.1 Å². The molecular formula is C24H27F3N4O2. The summed E-state index contributed by atoms with van der Waals surface area (Å²) in [6, 6.07) is 19.2. The molecule has 0 saturated heterocycles. The molecule has 2 amide bonds. The average Bonchev–Trinajstić information content (AvgIpc) is 3.23. The molecule has 176 valence electrons. The van der Waals surface area contributed by atoms with E-state index in [2.05, 4.69) is 15.6 Å². The number of hydrogen-bond acceptors (Lipinski definition) is 3. The number of alkyl halides is 3. The fraction of sp³-hybridized carbons (Fsp3) is 0.333. The third-order valence-electron chi connectivity index (χ3n) is 5.55. The first-order chi connectivity index (χ1) is 15.7. The summed E-state index contributed by atoms with van der Waals surface area (Å²) in [5, 5.41) is 15.4. The Balaban J connectivity index is 1.55. The van der Waals surface area contributed by atoms with E-state index in [1.807, 2.05) is 60.7 Å². The molecule has 9 heteroatoms. The fourth-order valence-electron chi connectivity index (χ4n) is 3.79. The third-order valence-corrected chi connectivity index (χ3v) is 5.55. The quantitative estimate of drug-likeness (QED) is 0.450. The lowest BCUT2D eigenvalue weighted by atomic mass is 9.88. The Morgan fingerprint density at radius 1 is 1.00 bits per heavy atom. The molecule has 3 aromatic rings. The monoisotopic (exact) mass is 460 g/mol. The summed E-state index contributed by atoms with van der Waals surface area (Å²) in [4.78, 5) is 15.8. The van der Waals surface area contributed by atoms with Gasteiger partial charge in [0, 0.05) is 44.9 Å². The SMILES string of the molecule is Cn1ccnc1C(O)(CCNC(=O)NCCC(c1ccccc1)c1ccccc1)C(F)(F)F. The molecule has 0 radical (unpaired) electrons. The molecule has 0 aliphatic carbocycles. The highest BCUT2D eigenvalue weighted by molar-refractivity contribution is 5.73. The molecule has 3 N–H and O–H groups in total. The number of nitrogens with zero attached hydrogens (tertiary/aromatic N) is 2. The molecule has 0 aliphatic heterocycles. The van der Waals surface area contributed by atoms with Crippen molar-refractivity contribution in [2.24, 2.45) is 7.05 Å². The van der Waals surface area contributed by atoms with Crippen molar-refractivity contribution in [3.63, 3.8) is 0 Å². The van der Waals surface area contributed by atoms with Crippen LogP contribution in [0.15, 0.2) is 73.1 Å². The Labute approximate surface area is 190 Å². The van der Waals surface area contributed by atoms with Crippen LogP contribution in [0.2, 0.25) is 0 Å². The van der Waals surface area contributed by atoms with Crippen LogP contribution in [0, 0.1) is 0 Å². The Morgan fingerprint density at radius 3 is 2.03 bits per heavy atom. The van der Waals surface area contributed by atoms with Gasteiger partial charge in [-0.1, -0.05) is 60.7 Å². The number of hydrogen-bond donors (Lipinski definition) is 3. The van der Waals surface area contributed by atoms with Crippen molar-refractivity contribution < 1.29 is 23.1 Å². The van der Waals surface area contributed by atoms with Crippen LogP contribution in [0.25, 0.3) is 0 Å². The van der Waals surface area contributed by atoms with Gasteiger partial charge in [0.1, 0.15) is 5.82 Å².